The third-order valence-electron chi connectivity index (χ3n) is 4.15. The van der Waals surface area contributed by atoms with Crippen molar-refractivity contribution in [2.45, 2.75) is 32.4 Å². The molecule has 1 aromatic rings. The maximum atomic E-state index is 12.2. The van der Waals surface area contributed by atoms with Gasteiger partial charge in [0.1, 0.15) is 18.0 Å². The predicted molar refractivity (Wildman–Crippen MR) is 114 cm³/mol. The number of nitrogens with zero attached hydrogens (tertiary/aromatic N) is 4. The van der Waals surface area contributed by atoms with Gasteiger partial charge in [-0.1, -0.05) is 0 Å². The SMILES string of the molecule is CC(C)(C)OC(=O)N1CCN2C(NCCOc3cccnc3)=NCC2C1.I. The average Bonchev–Trinajstić information content (AvgIpc) is 3.00. The lowest BCUT2D eigenvalue weighted by Crippen LogP contribution is -2.57. The molecule has 0 radical (unpaired) electrons. The van der Waals surface area contributed by atoms with E-state index in [1.165, 1.54) is 0 Å². The second-order valence-corrected chi connectivity index (χ2v) is 7.40. The van der Waals surface area contributed by atoms with Crippen molar-refractivity contribution in [3.63, 3.8) is 0 Å². The van der Waals surface area contributed by atoms with E-state index < -0.39 is 5.60 Å². The van der Waals surface area contributed by atoms with Crippen LogP contribution in [0.25, 0.3) is 0 Å². The van der Waals surface area contributed by atoms with Gasteiger partial charge in [0.15, 0.2) is 5.96 Å². The zero-order chi connectivity index (χ0) is 18.6. The number of hydrogen-bond acceptors (Lipinski definition) is 7. The van der Waals surface area contributed by atoms with Crippen molar-refractivity contribution < 1.29 is 14.3 Å². The summed E-state index contributed by atoms with van der Waals surface area (Å²) in [7, 11) is 0. The molecular weight excluding hydrogens is 461 g/mol. The predicted octanol–water partition coefficient (Wildman–Crippen LogP) is 1.96. The molecule has 0 aliphatic carbocycles. The van der Waals surface area contributed by atoms with Crippen LogP contribution >= 0.6 is 24.0 Å². The zero-order valence-corrected chi connectivity index (χ0v) is 18.4. The summed E-state index contributed by atoms with van der Waals surface area (Å²) in [6, 6.07) is 3.93. The Hall–Kier alpha value is -1.78. The summed E-state index contributed by atoms with van der Waals surface area (Å²) < 4.78 is 11.1. The fraction of sp³-hybridized carbons (Fsp3) is 0.611. The molecule has 8 nitrogen and oxygen atoms in total. The van der Waals surface area contributed by atoms with E-state index in [4.69, 9.17) is 9.47 Å². The Morgan fingerprint density at radius 2 is 2.19 bits per heavy atom. The first-order valence-corrected chi connectivity index (χ1v) is 8.98. The molecular formula is C18H28IN5O3. The lowest BCUT2D eigenvalue weighted by Gasteiger charge is -2.39. The van der Waals surface area contributed by atoms with Crippen LogP contribution in [-0.2, 0) is 4.74 Å². The summed E-state index contributed by atoms with van der Waals surface area (Å²) in [5.74, 6) is 1.64. The van der Waals surface area contributed by atoms with E-state index in [1.54, 1.807) is 17.3 Å². The van der Waals surface area contributed by atoms with Gasteiger partial charge >= 0.3 is 6.09 Å². The van der Waals surface area contributed by atoms with Gasteiger partial charge in [0.2, 0.25) is 0 Å². The maximum Gasteiger partial charge on any atom is 0.410 e. The van der Waals surface area contributed by atoms with Gasteiger partial charge in [-0.05, 0) is 32.9 Å². The molecule has 1 aromatic heterocycles. The highest BCUT2D eigenvalue weighted by atomic mass is 127. The highest BCUT2D eigenvalue weighted by Gasteiger charge is 2.36. The van der Waals surface area contributed by atoms with E-state index in [0.717, 1.165) is 18.3 Å². The van der Waals surface area contributed by atoms with Crippen molar-refractivity contribution in [1.82, 2.24) is 20.1 Å². The Morgan fingerprint density at radius 1 is 1.37 bits per heavy atom. The Kier molecular flexibility index (Phi) is 7.51. The van der Waals surface area contributed by atoms with E-state index in [0.29, 0.717) is 32.8 Å². The van der Waals surface area contributed by atoms with Gasteiger partial charge in [0.25, 0.3) is 0 Å². The number of piperazine rings is 1. The number of halogens is 1. The number of amides is 1. The van der Waals surface area contributed by atoms with Crippen LogP contribution in [0.2, 0.25) is 0 Å². The minimum absolute atomic E-state index is 0. The summed E-state index contributed by atoms with van der Waals surface area (Å²) in [5.41, 5.74) is -0.471. The molecule has 1 N–H and O–H groups in total. The van der Waals surface area contributed by atoms with E-state index in [-0.39, 0.29) is 36.1 Å². The zero-order valence-electron chi connectivity index (χ0n) is 16.1. The largest absolute Gasteiger partial charge is 0.490 e. The van der Waals surface area contributed by atoms with Gasteiger partial charge in [-0.2, -0.15) is 0 Å². The second-order valence-electron chi connectivity index (χ2n) is 7.40. The molecule has 1 atom stereocenters. The van der Waals surface area contributed by atoms with Crippen LogP contribution in [-0.4, -0.2) is 77.8 Å². The molecule has 0 saturated carbocycles. The number of aliphatic imine (C=N–C) groups is 1. The van der Waals surface area contributed by atoms with Crippen LogP contribution < -0.4 is 10.1 Å². The Balaban J connectivity index is 0.00000261. The summed E-state index contributed by atoms with van der Waals surface area (Å²) in [5, 5.41) is 3.33. The van der Waals surface area contributed by atoms with Gasteiger partial charge in [0.05, 0.1) is 25.3 Å². The molecule has 1 amide bonds. The molecule has 3 heterocycles. The maximum absolute atomic E-state index is 12.2. The van der Waals surface area contributed by atoms with Gasteiger partial charge < -0.3 is 24.6 Å². The Bertz CT molecular complexity index is 650. The quantitative estimate of drug-likeness (QED) is 0.515. The fourth-order valence-electron chi connectivity index (χ4n) is 2.99. The first-order chi connectivity index (χ1) is 12.4. The molecule has 27 heavy (non-hydrogen) atoms. The molecule has 2 aliphatic rings. The number of fused-ring (bicyclic) bond motifs is 1. The van der Waals surface area contributed by atoms with E-state index in [1.807, 2.05) is 32.9 Å². The molecule has 1 saturated heterocycles. The summed E-state index contributed by atoms with van der Waals surface area (Å²) in [6.07, 6.45) is 3.16. The lowest BCUT2D eigenvalue weighted by molar-refractivity contribution is 0.0137. The molecule has 1 unspecified atom stereocenters. The number of nitrogens with one attached hydrogen (secondary N) is 1. The molecule has 0 spiro atoms. The van der Waals surface area contributed by atoms with Gasteiger partial charge in [-0.3, -0.25) is 9.98 Å². The van der Waals surface area contributed by atoms with Crippen LogP contribution in [0.1, 0.15) is 20.8 Å². The minimum atomic E-state index is -0.471. The number of rotatable bonds is 4. The molecule has 2 aliphatic heterocycles. The van der Waals surface area contributed by atoms with Crippen molar-refractivity contribution in [2.24, 2.45) is 4.99 Å². The summed E-state index contributed by atoms with van der Waals surface area (Å²) >= 11 is 0. The van der Waals surface area contributed by atoms with Crippen LogP contribution in [0.3, 0.4) is 0 Å². The number of ether oxygens (including phenoxy) is 2. The number of hydrogen-bond donors (Lipinski definition) is 1. The molecule has 1 fully saturated rings. The summed E-state index contributed by atoms with van der Waals surface area (Å²) in [4.78, 5) is 24.8. The van der Waals surface area contributed by atoms with E-state index in [2.05, 4.69) is 20.2 Å². The second kappa shape index (κ2) is 9.43. The lowest BCUT2D eigenvalue weighted by atomic mass is 10.2. The van der Waals surface area contributed by atoms with Gasteiger partial charge in [0, 0.05) is 25.8 Å². The van der Waals surface area contributed by atoms with Crippen LogP contribution in [0.4, 0.5) is 4.79 Å². The number of guanidine groups is 1. The normalized spacial score (nSPS) is 18.9. The van der Waals surface area contributed by atoms with Crippen molar-refractivity contribution in [3.05, 3.63) is 24.5 Å². The first kappa shape index (κ1) is 21.5. The molecule has 0 bridgehead atoms. The Morgan fingerprint density at radius 3 is 2.89 bits per heavy atom. The molecule has 9 heteroatoms. The van der Waals surface area contributed by atoms with Crippen molar-refractivity contribution in [1.29, 1.82) is 0 Å². The number of carbonyl (C=O) groups excluding carboxylic acids is 1. The third kappa shape index (κ3) is 6.12. The summed E-state index contributed by atoms with van der Waals surface area (Å²) in [6.45, 7) is 9.55. The monoisotopic (exact) mass is 489 g/mol. The number of carbonyl (C=O) groups is 1. The minimum Gasteiger partial charge on any atom is -0.490 e. The van der Waals surface area contributed by atoms with Gasteiger partial charge in [-0.25, -0.2) is 4.79 Å². The topological polar surface area (TPSA) is 79.3 Å². The molecule has 3 rings (SSSR count). The van der Waals surface area contributed by atoms with Crippen LogP contribution in [0, 0.1) is 0 Å². The standard InChI is InChI=1S/C18H27N5O3.HI/c1-18(2,3)26-17(24)22-8-9-23-14(13-22)11-21-16(23)20-7-10-25-15-5-4-6-19-12-15;/h4-6,12,14H,7-11,13H2,1-3H3,(H,20,21);1H. The van der Waals surface area contributed by atoms with E-state index >= 15 is 0 Å². The highest BCUT2D eigenvalue weighted by Crippen LogP contribution is 2.18. The number of aromatic nitrogens is 1. The van der Waals surface area contributed by atoms with Gasteiger partial charge in [-0.15, -0.1) is 24.0 Å². The highest BCUT2D eigenvalue weighted by molar-refractivity contribution is 14.0. The first-order valence-electron chi connectivity index (χ1n) is 8.98. The van der Waals surface area contributed by atoms with Crippen molar-refractivity contribution in [2.75, 3.05) is 39.3 Å². The fourth-order valence-corrected chi connectivity index (χ4v) is 2.99. The third-order valence-corrected chi connectivity index (χ3v) is 4.15. The smallest absolute Gasteiger partial charge is 0.410 e. The average molecular weight is 489 g/mol. The molecule has 0 aromatic carbocycles. The number of pyridine rings is 1. The van der Waals surface area contributed by atoms with Crippen LogP contribution in [0.5, 0.6) is 5.75 Å². The van der Waals surface area contributed by atoms with Crippen molar-refractivity contribution >= 4 is 36.0 Å². The molecule has 150 valence electrons. The van der Waals surface area contributed by atoms with Crippen molar-refractivity contribution in [3.8, 4) is 5.75 Å². The Labute approximate surface area is 177 Å². The van der Waals surface area contributed by atoms with E-state index in [9.17, 15) is 4.79 Å². The van der Waals surface area contributed by atoms with Crippen LogP contribution in [0.15, 0.2) is 29.5 Å².